The maximum atomic E-state index is 12.2. The first-order chi connectivity index (χ1) is 14.7. The molecule has 0 saturated heterocycles. The highest BCUT2D eigenvalue weighted by Gasteiger charge is 2.19. The van der Waals surface area contributed by atoms with E-state index in [-0.39, 0.29) is 18.1 Å². The van der Waals surface area contributed by atoms with Crippen molar-refractivity contribution in [1.29, 1.82) is 0 Å². The van der Waals surface area contributed by atoms with Gasteiger partial charge in [0.1, 0.15) is 12.3 Å². The highest BCUT2D eigenvalue weighted by atomic mass is 32.2. The fourth-order valence-electron chi connectivity index (χ4n) is 2.59. The van der Waals surface area contributed by atoms with Gasteiger partial charge in [-0.05, 0) is 36.8 Å². The van der Waals surface area contributed by atoms with Crippen LogP contribution in [-0.4, -0.2) is 45.8 Å². The fraction of sp³-hybridized carbons (Fsp3) is 0.190. The number of Topliss-reactive ketones (excluding diaryl/α,β-unsaturated/α-hetero) is 1. The molecule has 3 rings (SSSR count). The van der Waals surface area contributed by atoms with Gasteiger partial charge in [0, 0.05) is 11.0 Å². The monoisotopic (exact) mass is 444 g/mol. The van der Waals surface area contributed by atoms with Crippen molar-refractivity contribution in [2.24, 2.45) is 0 Å². The molecule has 0 bridgehead atoms. The number of rotatable bonds is 8. The van der Waals surface area contributed by atoms with Gasteiger partial charge in [-0.15, -0.1) is 0 Å². The van der Waals surface area contributed by atoms with Crippen LogP contribution >= 0.6 is 0 Å². The smallest absolute Gasteiger partial charge is 0.321 e. The third kappa shape index (κ3) is 6.49. The standard InChI is InChI=1S/C21H20N2O7S/c1-14-2-4-15(5-3-14)8-9-31(27,28)22-11-21(26)30-12-18(24)16-6-7-19-17(10-16)23-20(25)13-29-19/h2-10,22H,11-13H2,1H3,(H,23,25)/b9-8+. The second-order valence-corrected chi connectivity index (χ2v) is 8.36. The van der Waals surface area contributed by atoms with Crippen molar-refractivity contribution in [3.63, 3.8) is 0 Å². The minimum Gasteiger partial charge on any atom is -0.482 e. The topological polar surface area (TPSA) is 128 Å². The Balaban J connectivity index is 1.48. The number of carbonyl (C=O) groups is 3. The van der Waals surface area contributed by atoms with Gasteiger partial charge < -0.3 is 14.8 Å². The van der Waals surface area contributed by atoms with E-state index in [1.807, 2.05) is 19.1 Å². The Morgan fingerprint density at radius 1 is 1.19 bits per heavy atom. The summed E-state index contributed by atoms with van der Waals surface area (Å²) in [4.78, 5) is 35.4. The maximum Gasteiger partial charge on any atom is 0.321 e. The first-order valence-corrected chi connectivity index (χ1v) is 10.8. The largest absolute Gasteiger partial charge is 0.482 e. The Kier molecular flexibility index (Phi) is 6.83. The summed E-state index contributed by atoms with van der Waals surface area (Å²) in [6.07, 6.45) is 1.40. The minimum absolute atomic E-state index is 0.103. The van der Waals surface area contributed by atoms with Crippen LogP contribution in [0.2, 0.25) is 0 Å². The molecule has 31 heavy (non-hydrogen) atoms. The van der Waals surface area contributed by atoms with Gasteiger partial charge in [-0.25, -0.2) is 13.1 Å². The van der Waals surface area contributed by atoms with E-state index in [9.17, 15) is 22.8 Å². The molecule has 0 fully saturated rings. The number of anilines is 1. The minimum atomic E-state index is -3.86. The molecule has 0 aromatic heterocycles. The summed E-state index contributed by atoms with van der Waals surface area (Å²) < 4.78 is 36.1. The number of esters is 1. The predicted molar refractivity (Wildman–Crippen MR) is 113 cm³/mol. The van der Waals surface area contributed by atoms with Crippen LogP contribution in [0.5, 0.6) is 5.75 Å². The van der Waals surface area contributed by atoms with Gasteiger partial charge in [-0.2, -0.15) is 0 Å². The molecule has 1 aliphatic heterocycles. The van der Waals surface area contributed by atoms with Gasteiger partial charge in [0.15, 0.2) is 19.0 Å². The van der Waals surface area contributed by atoms with Crippen LogP contribution < -0.4 is 14.8 Å². The zero-order valence-corrected chi connectivity index (χ0v) is 17.4. The maximum absolute atomic E-state index is 12.2. The van der Waals surface area contributed by atoms with E-state index in [0.29, 0.717) is 17.0 Å². The number of sulfonamides is 1. The molecule has 10 heteroatoms. The summed E-state index contributed by atoms with van der Waals surface area (Å²) >= 11 is 0. The molecule has 0 saturated carbocycles. The van der Waals surface area contributed by atoms with Crippen LogP contribution in [0.1, 0.15) is 21.5 Å². The Bertz CT molecular complexity index is 1140. The Morgan fingerprint density at radius 2 is 1.94 bits per heavy atom. The number of amides is 1. The summed E-state index contributed by atoms with van der Waals surface area (Å²) in [5.74, 6) is -1.33. The van der Waals surface area contributed by atoms with Crippen molar-refractivity contribution in [2.75, 3.05) is 25.1 Å². The van der Waals surface area contributed by atoms with Crippen LogP contribution in [0.3, 0.4) is 0 Å². The molecule has 0 atom stereocenters. The van der Waals surface area contributed by atoms with Gasteiger partial charge in [0.25, 0.3) is 5.91 Å². The molecule has 0 spiro atoms. The Labute approximate surface area is 179 Å². The molecule has 1 heterocycles. The number of fused-ring (bicyclic) bond motifs is 1. The van der Waals surface area contributed by atoms with Crippen LogP contribution in [0.15, 0.2) is 47.9 Å². The van der Waals surface area contributed by atoms with E-state index in [0.717, 1.165) is 11.0 Å². The Hall–Kier alpha value is -3.50. The van der Waals surface area contributed by atoms with E-state index in [1.54, 1.807) is 12.1 Å². The molecular formula is C21H20N2O7S. The van der Waals surface area contributed by atoms with Crippen molar-refractivity contribution in [1.82, 2.24) is 4.72 Å². The van der Waals surface area contributed by atoms with Crippen molar-refractivity contribution in [3.8, 4) is 5.75 Å². The third-order valence-corrected chi connectivity index (χ3v) is 5.27. The van der Waals surface area contributed by atoms with Gasteiger partial charge in [0.2, 0.25) is 10.0 Å². The third-order valence-electron chi connectivity index (χ3n) is 4.23. The van der Waals surface area contributed by atoms with Gasteiger partial charge >= 0.3 is 5.97 Å². The first kappa shape index (κ1) is 22.2. The molecule has 2 N–H and O–H groups in total. The number of benzene rings is 2. The average Bonchev–Trinajstić information content (AvgIpc) is 2.75. The summed E-state index contributed by atoms with van der Waals surface area (Å²) in [6, 6.07) is 11.6. The molecule has 0 aliphatic carbocycles. The van der Waals surface area contributed by atoms with Crippen molar-refractivity contribution in [3.05, 3.63) is 64.6 Å². The summed E-state index contributed by atoms with van der Waals surface area (Å²) in [5, 5.41) is 3.52. The molecule has 2 aromatic carbocycles. The van der Waals surface area contributed by atoms with Crippen LogP contribution in [0.4, 0.5) is 5.69 Å². The number of hydrogen-bond acceptors (Lipinski definition) is 7. The van der Waals surface area contributed by atoms with E-state index in [1.165, 1.54) is 24.3 Å². The van der Waals surface area contributed by atoms with E-state index < -0.39 is 34.9 Å². The van der Waals surface area contributed by atoms with Gasteiger partial charge in [0.05, 0.1) is 5.69 Å². The number of ketones is 1. The molecule has 9 nitrogen and oxygen atoms in total. The average molecular weight is 444 g/mol. The first-order valence-electron chi connectivity index (χ1n) is 9.22. The predicted octanol–water partition coefficient (Wildman–Crippen LogP) is 1.64. The molecular weight excluding hydrogens is 424 g/mol. The zero-order chi connectivity index (χ0) is 22.4. The highest BCUT2D eigenvalue weighted by molar-refractivity contribution is 7.92. The Morgan fingerprint density at radius 3 is 2.68 bits per heavy atom. The van der Waals surface area contributed by atoms with Gasteiger partial charge in [-0.1, -0.05) is 29.8 Å². The normalized spacial score (nSPS) is 13.3. The van der Waals surface area contributed by atoms with Gasteiger partial charge in [-0.3, -0.25) is 14.4 Å². The lowest BCUT2D eigenvalue weighted by atomic mass is 10.1. The van der Waals surface area contributed by atoms with E-state index in [4.69, 9.17) is 9.47 Å². The molecule has 1 aliphatic rings. The molecule has 2 aromatic rings. The number of hydrogen-bond donors (Lipinski definition) is 2. The molecule has 0 unspecified atom stereocenters. The van der Waals surface area contributed by atoms with E-state index >= 15 is 0 Å². The summed E-state index contributed by atoms with van der Waals surface area (Å²) in [6.45, 7) is 0.614. The zero-order valence-electron chi connectivity index (χ0n) is 16.6. The number of carbonyl (C=O) groups excluding carboxylic acids is 3. The van der Waals surface area contributed by atoms with Crippen LogP contribution in [-0.2, 0) is 24.3 Å². The molecule has 1 amide bonds. The lowest BCUT2D eigenvalue weighted by molar-refractivity contribution is -0.141. The lowest BCUT2D eigenvalue weighted by Gasteiger charge is -2.18. The van der Waals surface area contributed by atoms with Crippen molar-refractivity contribution >= 4 is 39.4 Å². The molecule has 0 radical (unpaired) electrons. The molecule has 162 valence electrons. The van der Waals surface area contributed by atoms with Crippen molar-refractivity contribution in [2.45, 2.75) is 6.92 Å². The number of aryl methyl sites for hydroxylation is 1. The van der Waals surface area contributed by atoms with E-state index in [2.05, 4.69) is 10.0 Å². The number of ether oxygens (including phenoxy) is 2. The fourth-order valence-corrected chi connectivity index (χ4v) is 3.34. The number of nitrogens with one attached hydrogen (secondary N) is 2. The second kappa shape index (κ2) is 9.54. The second-order valence-electron chi connectivity index (χ2n) is 6.71. The highest BCUT2D eigenvalue weighted by Crippen LogP contribution is 2.28. The van der Waals surface area contributed by atoms with Crippen LogP contribution in [0, 0.1) is 6.92 Å². The quantitative estimate of drug-likeness (QED) is 0.468. The van der Waals surface area contributed by atoms with Crippen LogP contribution in [0.25, 0.3) is 6.08 Å². The summed E-state index contributed by atoms with van der Waals surface area (Å²) in [5.41, 5.74) is 2.29. The lowest BCUT2D eigenvalue weighted by Crippen LogP contribution is -2.30. The summed E-state index contributed by atoms with van der Waals surface area (Å²) in [7, 11) is -3.86. The van der Waals surface area contributed by atoms with Crippen molar-refractivity contribution < 1.29 is 32.3 Å². The SMILES string of the molecule is Cc1ccc(/C=C/S(=O)(=O)NCC(=O)OCC(=O)c2ccc3c(c2)NC(=O)CO3)cc1.